The van der Waals surface area contributed by atoms with Crippen LogP contribution in [-0.2, 0) is 16.0 Å². The van der Waals surface area contributed by atoms with Gasteiger partial charge in [-0.25, -0.2) is 0 Å². The number of rotatable bonds is 8. The van der Waals surface area contributed by atoms with Crippen LogP contribution in [0.5, 0.6) is 0 Å². The number of nitrogens with one attached hydrogen (secondary N) is 3. The Bertz CT molecular complexity index is 1370. The van der Waals surface area contributed by atoms with Crippen molar-refractivity contribution in [1.82, 2.24) is 15.2 Å². The van der Waals surface area contributed by atoms with Crippen LogP contribution < -0.4 is 10.6 Å². The molecule has 2 aliphatic heterocycles. The van der Waals surface area contributed by atoms with Crippen LogP contribution >= 0.6 is 0 Å². The topological polar surface area (TPSA) is 115 Å². The van der Waals surface area contributed by atoms with Gasteiger partial charge in [-0.2, -0.15) is 0 Å². The fraction of sp³-hybridized carbons (Fsp3) is 0.321. The average Bonchev–Trinajstić information content (AvgIpc) is 3.58. The lowest BCUT2D eigenvalue weighted by Crippen LogP contribution is -2.38. The number of aliphatic carboxylic acids is 1. The molecule has 0 spiro atoms. The van der Waals surface area contributed by atoms with Gasteiger partial charge in [0.05, 0.1) is 5.57 Å². The summed E-state index contributed by atoms with van der Waals surface area (Å²) in [5, 5.41) is 15.4. The molecule has 2 aliphatic rings. The largest absolute Gasteiger partial charge is 0.480 e. The number of carbonyl (C=O) groups is 3. The number of hydrogen-bond donors (Lipinski definition) is 4. The number of benzene rings is 2. The van der Waals surface area contributed by atoms with E-state index in [2.05, 4.69) is 38.7 Å². The molecular weight excluding hydrogens is 456 g/mol. The highest BCUT2D eigenvalue weighted by Crippen LogP contribution is 2.34. The third kappa shape index (κ3) is 5.04. The fourth-order valence-electron chi connectivity index (χ4n) is 4.92. The second-order valence-corrected chi connectivity index (χ2v) is 9.60. The van der Waals surface area contributed by atoms with E-state index in [0.29, 0.717) is 22.4 Å². The molecule has 2 amide bonds. The number of aryl methyl sites for hydroxylation is 1. The van der Waals surface area contributed by atoms with Crippen LogP contribution in [0.1, 0.15) is 53.4 Å². The summed E-state index contributed by atoms with van der Waals surface area (Å²) in [6, 6.07) is 12.3. The predicted octanol–water partition coefficient (Wildman–Crippen LogP) is 3.89. The van der Waals surface area contributed by atoms with Crippen molar-refractivity contribution in [3.05, 3.63) is 64.8 Å². The van der Waals surface area contributed by atoms with Crippen LogP contribution in [0, 0.1) is 0 Å². The Kier molecular flexibility index (Phi) is 6.61. The molecule has 4 N–H and O–H groups in total. The fourth-order valence-corrected chi connectivity index (χ4v) is 4.92. The molecule has 186 valence electrons. The van der Waals surface area contributed by atoms with E-state index >= 15 is 0 Å². The number of carboxylic acid groups (broad SMARTS) is 1. The second-order valence-electron chi connectivity index (χ2n) is 9.60. The molecule has 2 aromatic carbocycles. The van der Waals surface area contributed by atoms with Gasteiger partial charge >= 0.3 is 5.97 Å². The highest BCUT2D eigenvalue weighted by atomic mass is 16.4. The molecular formula is C28H30N4O4. The number of carboxylic acids is 1. The van der Waals surface area contributed by atoms with E-state index in [1.807, 2.05) is 6.07 Å². The van der Waals surface area contributed by atoms with E-state index in [0.717, 1.165) is 36.0 Å². The van der Waals surface area contributed by atoms with E-state index in [1.54, 1.807) is 24.3 Å². The van der Waals surface area contributed by atoms with Crippen molar-refractivity contribution in [3.63, 3.8) is 0 Å². The van der Waals surface area contributed by atoms with Crippen molar-refractivity contribution in [2.75, 3.05) is 25.0 Å². The maximum atomic E-state index is 12.7. The normalized spacial score (nSPS) is 17.4. The maximum Gasteiger partial charge on any atom is 0.325 e. The highest BCUT2D eigenvalue weighted by molar-refractivity contribution is 6.35. The van der Waals surface area contributed by atoms with Gasteiger partial charge in [0.2, 0.25) is 0 Å². The SMILES string of the molecule is CC(NC(=O)c1ccc2c(c1)C(=Cc1cc3cc(CCCN4CCCC4)ccc3[nH]1)C(=O)N2)C(=O)O. The first-order valence-corrected chi connectivity index (χ1v) is 12.4. The third-order valence-electron chi connectivity index (χ3n) is 6.93. The molecule has 8 heteroatoms. The zero-order valence-electron chi connectivity index (χ0n) is 20.3. The van der Waals surface area contributed by atoms with E-state index in [1.165, 1.54) is 38.4 Å². The number of hydrogen-bond acceptors (Lipinski definition) is 4. The Hall–Kier alpha value is -3.91. The van der Waals surface area contributed by atoms with Crippen molar-refractivity contribution in [1.29, 1.82) is 0 Å². The zero-order chi connectivity index (χ0) is 25.2. The van der Waals surface area contributed by atoms with Gasteiger partial charge in [-0.05, 0) is 100 Å². The van der Waals surface area contributed by atoms with Crippen LogP contribution in [0.3, 0.4) is 0 Å². The summed E-state index contributed by atoms with van der Waals surface area (Å²) in [6.07, 6.45) is 6.60. The molecule has 0 aliphatic carbocycles. The quantitative estimate of drug-likeness (QED) is 0.361. The first-order chi connectivity index (χ1) is 17.4. The second kappa shape index (κ2) is 9.99. The summed E-state index contributed by atoms with van der Waals surface area (Å²) in [4.78, 5) is 42.2. The molecule has 1 atom stereocenters. The molecule has 1 unspecified atom stereocenters. The molecule has 3 heterocycles. The number of anilines is 1. The standard InChI is InChI=1S/C28H30N4O4/c1-17(28(35)36)29-26(33)19-7-9-25-22(15-19)23(27(34)31-25)16-21-14-20-13-18(6-8-24(20)30-21)5-4-12-32-10-2-3-11-32/h6-9,13-17,30H,2-5,10-12H2,1H3,(H,29,33)(H,31,34)(H,35,36). The number of nitrogens with zero attached hydrogens (tertiary/aromatic N) is 1. The van der Waals surface area contributed by atoms with Crippen molar-refractivity contribution in [3.8, 4) is 0 Å². The first kappa shape index (κ1) is 23.8. The number of fused-ring (bicyclic) bond motifs is 2. The van der Waals surface area contributed by atoms with Gasteiger partial charge in [0, 0.05) is 33.4 Å². The molecule has 5 rings (SSSR count). The monoisotopic (exact) mass is 486 g/mol. The average molecular weight is 487 g/mol. The number of aromatic nitrogens is 1. The molecule has 3 aromatic rings. The van der Waals surface area contributed by atoms with Gasteiger partial charge < -0.3 is 25.6 Å². The molecule has 0 bridgehead atoms. The van der Waals surface area contributed by atoms with E-state index in [9.17, 15) is 14.4 Å². The summed E-state index contributed by atoms with van der Waals surface area (Å²) >= 11 is 0. The maximum absolute atomic E-state index is 12.7. The first-order valence-electron chi connectivity index (χ1n) is 12.4. The Morgan fingerprint density at radius 1 is 1.14 bits per heavy atom. The van der Waals surface area contributed by atoms with Crippen LogP contribution in [-0.4, -0.2) is 58.5 Å². The zero-order valence-corrected chi connectivity index (χ0v) is 20.3. The van der Waals surface area contributed by atoms with Crippen LogP contribution in [0.15, 0.2) is 42.5 Å². The van der Waals surface area contributed by atoms with Crippen molar-refractivity contribution >= 4 is 46.0 Å². The lowest BCUT2D eigenvalue weighted by Gasteiger charge is -2.13. The van der Waals surface area contributed by atoms with Gasteiger partial charge in [-0.15, -0.1) is 0 Å². The van der Waals surface area contributed by atoms with E-state index < -0.39 is 17.9 Å². The Labute approximate surface area is 209 Å². The van der Waals surface area contributed by atoms with Gasteiger partial charge in [0.15, 0.2) is 0 Å². The molecule has 1 aromatic heterocycles. The number of amides is 2. The number of likely N-dealkylation sites (tertiary alicyclic amines) is 1. The Morgan fingerprint density at radius 2 is 1.94 bits per heavy atom. The number of H-pyrrole nitrogens is 1. The third-order valence-corrected chi connectivity index (χ3v) is 6.93. The van der Waals surface area contributed by atoms with Crippen LogP contribution in [0.2, 0.25) is 0 Å². The highest BCUT2D eigenvalue weighted by Gasteiger charge is 2.26. The van der Waals surface area contributed by atoms with Crippen molar-refractivity contribution in [2.24, 2.45) is 0 Å². The van der Waals surface area contributed by atoms with Gasteiger partial charge in [0.1, 0.15) is 6.04 Å². The Balaban J connectivity index is 1.34. The molecule has 0 radical (unpaired) electrons. The molecule has 8 nitrogen and oxygen atoms in total. The minimum atomic E-state index is -1.12. The molecule has 36 heavy (non-hydrogen) atoms. The molecule has 1 saturated heterocycles. The van der Waals surface area contributed by atoms with Gasteiger partial charge in [-0.3, -0.25) is 14.4 Å². The Morgan fingerprint density at radius 3 is 2.72 bits per heavy atom. The van der Waals surface area contributed by atoms with Gasteiger partial charge in [0.25, 0.3) is 11.8 Å². The van der Waals surface area contributed by atoms with E-state index in [-0.39, 0.29) is 5.91 Å². The summed E-state index contributed by atoms with van der Waals surface area (Å²) in [7, 11) is 0. The van der Waals surface area contributed by atoms with Gasteiger partial charge in [-0.1, -0.05) is 6.07 Å². The number of aromatic amines is 1. The minimum Gasteiger partial charge on any atom is -0.480 e. The predicted molar refractivity (Wildman–Crippen MR) is 140 cm³/mol. The van der Waals surface area contributed by atoms with Crippen molar-refractivity contribution in [2.45, 2.75) is 38.6 Å². The summed E-state index contributed by atoms with van der Waals surface area (Å²) < 4.78 is 0. The minimum absolute atomic E-state index is 0.247. The lowest BCUT2D eigenvalue weighted by molar-refractivity contribution is -0.138. The van der Waals surface area contributed by atoms with Crippen molar-refractivity contribution < 1.29 is 19.5 Å². The summed E-state index contributed by atoms with van der Waals surface area (Å²) in [5.74, 6) is -1.87. The van der Waals surface area contributed by atoms with Crippen LogP contribution in [0.25, 0.3) is 22.6 Å². The molecule has 1 fully saturated rings. The van der Waals surface area contributed by atoms with E-state index in [4.69, 9.17) is 5.11 Å². The summed E-state index contributed by atoms with van der Waals surface area (Å²) in [5.41, 5.74) is 5.06. The number of carbonyl (C=O) groups excluding carboxylic acids is 2. The summed E-state index contributed by atoms with van der Waals surface area (Å²) in [6.45, 7) is 4.99. The lowest BCUT2D eigenvalue weighted by atomic mass is 10.0. The van der Waals surface area contributed by atoms with Crippen LogP contribution in [0.4, 0.5) is 5.69 Å². The molecule has 0 saturated carbocycles. The smallest absolute Gasteiger partial charge is 0.325 e.